The van der Waals surface area contributed by atoms with Crippen LogP contribution in [0.25, 0.3) is 0 Å². The van der Waals surface area contributed by atoms with Gasteiger partial charge in [-0.05, 0) is 31.7 Å². The van der Waals surface area contributed by atoms with Crippen LogP contribution in [0.4, 0.5) is 0 Å². The maximum Gasteiger partial charge on any atom is 0.0700 e. The Labute approximate surface area is 86.0 Å². The van der Waals surface area contributed by atoms with E-state index in [0.29, 0.717) is 12.0 Å². The number of rotatable bonds is 6. The van der Waals surface area contributed by atoms with E-state index in [4.69, 9.17) is 16.3 Å². The molecule has 0 saturated carbocycles. The maximum absolute atomic E-state index is 5.65. The van der Waals surface area contributed by atoms with Crippen LogP contribution < -0.4 is 5.32 Å². The highest BCUT2D eigenvalue weighted by molar-refractivity contribution is 6.17. The second-order valence-corrected chi connectivity index (χ2v) is 4.25. The minimum atomic E-state index is 0.461. The van der Waals surface area contributed by atoms with Crippen LogP contribution in [-0.4, -0.2) is 31.7 Å². The fourth-order valence-electron chi connectivity index (χ4n) is 1.58. The Balaban J connectivity index is 1.93. The topological polar surface area (TPSA) is 21.3 Å². The SMILES string of the molecule is CC(CCCl)CNCC1CCCO1. The van der Waals surface area contributed by atoms with Gasteiger partial charge in [-0.15, -0.1) is 11.6 Å². The molecular weight excluding hydrogens is 186 g/mol. The van der Waals surface area contributed by atoms with Crippen molar-refractivity contribution in [1.29, 1.82) is 0 Å². The van der Waals surface area contributed by atoms with E-state index in [-0.39, 0.29) is 0 Å². The summed E-state index contributed by atoms with van der Waals surface area (Å²) in [5.74, 6) is 1.45. The average Bonchev–Trinajstić information content (AvgIpc) is 2.57. The second-order valence-electron chi connectivity index (χ2n) is 3.88. The molecule has 2 nitrogen and oxygen atoms in total. The largest absolute Gasteiger partial charge is 0.377 e. The van der Waals surface area contributed by atoms with Gasteiger partial charge in [-0.1, -0.05) is 6.92 Å². The third-order valence-corrected chi connectivity index (χ3v) is 2.71. The van der Waals surface area contributed by atoms with Crippen molar-refractivity contribution >= 4 is 11.6 Å². The lowest BCUT2D eigenvalue weighted by Gasteiger charge is -2.14. The Hall–Kier alpha value is 0.210. The molecule has 1 rings (SSSR count). The number of nitrogens with one attached hydrogen (secondary N) is 1. The number of halogens is 1. The molecule has 0 spiro atoms. The van der Waals surface area contributed by atoms with Crippen LogP contribution in [0.1, 0.15) is 26.2 Å². The third kappa shape index (κ3) is 4.84. The first-order valence-corrected chi connectivity index (χ1v) is 5.74. The molecule has 1 fully saturated rings. The lowest BCUT2D eigenvalue weighted by molar-refractivity contribution is 0.109. The van der Waals surface area contributed by atoms with E-state index in [2.05, 4.69) is 12.2 Å². The highest BCUT2D eigenvalue weighted by Crippen LogP contribution is 2.10. The van der Waals surface area contributed by atoms with Gasteiger partial charge in [0, 0.05) is 19.0 Å². The number of ether oxygens (including phenoxy) is 1. The molecule has 2 unspecified atom stereocenters. The van der Waals surface area contributed by atoms with Crippen molar-refractivity contribution in [3.63, 3.8) is 0 Å². The van der Waals surface area contributed by atoms with Gasteiger partial charge in [0.05, 0.1) is 6.10 Å². The van der Waals surface area contributed by atoms with E-state index >= 15 is 0 Å². The number of hydrogen-bond donors (Lipinski definition) is 1. The summed E-state index contributed by atoms with van der Waals surface area (Å²) in [5.41, 5.74) is 0. The summed E-state index contributed by atoms with van der Waals surface area (Å²) in [7, 11) is 0. The van der Waals surface area contributed by atoms with Crippen LogP contribution in [0.3, 0.4) is 0 Å². The summed E-state index contributed by atoms with van der Waals surface area (Å²) >= 11 is 5.65. The Kier molecular flexibility index (Phi) is 5.76. The van der Waals surface area contributed by atoms with Gasteiger partial charge in [0.1, 0.15) is 0 Å². The van der Waals surface area contributed by atoms with Crippen molar-refractivity contribution in [2.75, 3.05) is 25.6 Å². The molecule has 1 saturated heterocycles. The first-order chi connectivity index (χ1) is 6.33. The smallest absolute Gasteiger partial charge is 0.0700 e. The monoisotopic (exact) mass is 205 g/mol. The molecule has 0 amide bonds. The van der Waals surface area contributed by atoms with Crippen molar-refractivity contribution < 1.29 is 4.74 Å². The third-order valence-electron chi connectivity index (χ3n) is 2.49. The van der Waals surface area contributed by atoms with Gasteiger partial charge in [-0.2, -0.15) is 0 Å². The molecule has 1 N–H and O–H groups in total. The lowest BCUT2D eigenvalue weighted by Crippen LogP contribution is -2.29. The average molecular weight is 206 g/mol. The fraction of sp³-hybridized carbons (Fsp3) is 1.00. The first-order valence-electron chi connectivity index (χ1n) is 5.21. The van der Waals surface area contributed by atoms with Crippen LogP contribution in [0.2, 0.25) is 0 Å². The lowest BCUT2D eigenvalue weighted by atomic mass is 10.1. The summed E-state index contributed by atoms with van der Waals surface area (Å²) in [6, 6.07) is 0. The number of hydrogen-bond acceptors (Lipinski definition) is 2. The van der Waals surface area contributed by atoms with Crippen LogP contribution >= 0.6 is 11.6 Å². The van der Waals surface area contributed by atoms with Gasteiger partial charge < -0.3 is 10.1 Å². The normalized spacial score (nSPS) is 24.9. The van der Waals surface area contributed by atoms with Crippen molar-refractivity contribution in [3.05, 3.63) is 0 Å². The van der Waals surface area contributed by atoms with Gasteiger partial charge in [0.15, 0.2) is 0 Å². The van der Waals surface area contributed by atoms with E-state index < -0.39 is 0 Å². The van der Waals surface area contributed by atoms with Gasteiger partial charge in [0.25, 0.3) is 0 Å². The predicted octanol–water partition coefficient (Wildman–Crippen LogP) is 2.02. The maximum atomic E-state index is 5.65. The molecule has 0 bridgehead atoms. The molecule has 1 heterocycles. The van der Waals surface area contributed by atoms with Crippen molar-refractivity contribution in [2.45, 2.75) is 32.3 Å². The van der Waals surface area contributed by atoms with Crippen LogP contribution in [0, 0.1) is 5.92 Å². The minimum Gasteiger partial charge on any atom is -0.377 e. The zero-order chi connectivity index (χ0) is 9.52. The van der Waals surface area contributed by atoms with Gasteiger partial charge in [-0.3, -0.25) is 0 Å². The summed E-state index contributed by atoms with van der Waals surface area (Å²) in [5, 5.41) is 3.43. The molecule has 0 radical (unpaired) electrons. The van der Waals surface area contributed by atoms with E-state index in [1.165, 1.54) is 12.8 Å². The standard InChI is InChI=1S/C10H20ClNO/c1-9(4-5-11)7-12-8-10-3-2-6-13-10/h9-10,12H,2-8H2,1H3. The molecule has 2 atom stereocenters. The summed E-state index contributed by atoms with van der Waals surface area (Å²) in [6.45, 7) is 5.24. The summed E-state index contributed by atoms with van der Waals surface area (Å²) < 4.78 is 5.51. The van der Waals surface area contributed by atoms with Crippen LogP contribution in [0.5, 0.6) is 0 Å². The van der Waals surface area contributed by atoms with E-state index in [9.17, 15) is 0 Å². The fourth-order valence-corrected chi connectivity index (χ4v) is 1.96. The van der Waals surface area contributed by atoms with Crippen molar-refractivity contribution in [2.24, 2.45) is 5.92 Å². The van der Waals surface area contributed by atoms with Crippen molar-refractivity contribution in [3.8, 4) is 0 Å². The van der Waals surface area contributed by atoms with E-state index in [0.717, 1.165) is 32.0 Å². The van der Waals surface area contributed by atoms with Gasteiger partial charge in [0.2, 0.25) is 0 Å². The molecule has 0 aromatic heterocycles. The molecule has 1 aliphatic heterocycles. The zero-order valence-electron chi connectivity index (χ0n) is 8.39. The van der Waals surface area contributed by atoms with Crippen LogP contribution in [-0.2, 0) is 4.74 Å². The molecular formula is C10H20ClNO. The summed E-state index contributed by atoms with van der Waals surface area (Å²) in [4.78, 5) is 0. The molecule has 13 heavy (non-hydrogen) atoms. The molecule has 78 valence electrons. The minimum absolute atomic E-state index is 0.461. The van der Waals surface area contributed by atoms with Gasteiger partial charge in [-0.25, -0.2) is 0 Å². The molecule has 0 aromatic carbocycles. The highest BCUT2D eigenvalue weighted by Gasteiger charge is 2.14. The molecule has 1 aliphatic rings. The predicted molar refractivity (Wildman–Crippen MR) is 56.3 cm³/mol. The highest BCUT2D eigenvalue weighted by atomic mass is 35.5. The zero-order valence-corrected chi connectivity index (χ0v) is 9.15. The Bertz CT molecular complexity index is 126. The second kappa shape index (κ2) is 6.63. The van der Waals surface area contributed by atoms with E-state index in [1.54, 1.807) is 0 Å². The number of alkyl halides is 1. The Morgan fingerprint density at radius 1 is 1.62 bits per heavy atom. The van der Waals surface area contributed by atoms with E-state index in [1.807, 2.05) is 0 Å². The first kappa shape index (κ1) is 11.3. The van der Waals surface area contributed by atoms with Crippen molar-refractivity contribution in [1.82, 2.24) is 5.32 Å². The summed E-state index contributed by atoms with van der Waals surface area (Å²) in [6.07, 6.45) is 4.00. The van der Waals surface area contributed by atoms with Crippen LogP contribution in [0.15, 0.2) is 0 Å². The molecule has 0 aliphatic carbocycles. The van der Waals surface area contributed by atoms with Gasteiger partial charge >= 0.3 is 0 Å². The Morgan fingerprint density at radius 2 is 2.46 bits per heavy atom. The Morgan fingerprint density at radius 3 is 3.08 bits per heavy atom. The molecule has 0 aromatic rings. The molecule has 3 heteroatoms. The quantitative estimate of drug-likeness (QED) is 0.670.